The molecule has 2 heterocycles. The molecule has 0 aliphatic carbocycles. The smallest absolute Gasteiger partial charge is 0.459 e. The van der Waals surface area contributed by atoms with Crippen LogP contribution in [0.3, 0.4) is 0 Å². The molecule has 0 radical (unpaired) electrons. The fraction of sp³-hybridized carbons (Fsp3) is 0.500. The molecule has 2 N–H and O–H groups in total. The molecule has 5 atom stereocenters. The van der Waals surface area contributed by atoms with Crippen molar-refractivity contribution in [1.29, 1.82) is 0 Å². The predicted molar refractivity (Wildman–Crippen MR) is 123 cm³/mol. The highest BCUT2D eigenvalue weighted by Gasteiger charge is 2.38. The second kappa shape index (κ2) is 11.1. The third kappa shape index (κ3) is 6.89. The van der Waals surface area contributed by atoms with E-state index in [-0.39, 0.29) is 18.6 Å². The molecule has 2 aromatic rings. The van der Waals surface area contributed by atoms with Crippen LogP contribution in [-0.4, -0.2) is 40.4 Å². The Morgan fingerprint density at radius 2 is 1.94 bits per heavy atom. The highest BCUT2D eigenvalue weighted by atomic mass is 31.2. The third-order valence-corrected chi connectivity index (χ3v) is 6.68. The third-order valence-electron chi connectivity index (χ3n) is 5.04. The molecule has 0 spiro atoms. The maximum atomic E-state index is 13.6. The lowest BCUT2D eigenvalue weighted by Gasteiger charge is -2.24. The van der Waals surface area contributed by atoms with Gasteiger partial charge in [0, 0.05) is 18.2 Å². The van der Waals surface area contributed by atoms with E-state index in [2.05, 4.69) is 10.1 Å². The molecule has 0 bridgehead atoms. The molecular weight excluding hydrogens is 465 g/mol. The molecule has 1 fully saturated rings. The highest BCUT2D eigenvalue weighted by molar-refractivity contribution is 7.52. The summed E-state index contributed by atoms with van der Waals surface area (Å²) in [7, 11) is -4.02. The predicted octanol–water partition coefficient (Wildman–Crippen LogP) is 2.59. The lowest BCUT2D eigenvalue weighted by atomic mass is 10.1. The van der Waals surface area contributed by atoms with E-state index >= 15 is 0 Å². The molecule has 1 aliphatic rings. The number of ether oxygens (including phenoxy) is 2. The van der Waals surface area contributed by atoms with Crippen molar-refractivity contribution in [1.82, 2.24) is 14.6 Å². The van der Waals surface area contributed by atoms with Gasteiger partial charge >= 0.3 is 19.4 Å². The number of nitrogens with one attached hydrogen (secondary N) is 2. The highest BCUT2D eigenvalue weighted by Crippen LogP contribution is 2.46. The van der Waals surface area contributed by atoms with Crippen molar-refractivity contribution < 1.29 is 27.9 Å². The van der Waals surface area contributed by atoms with Crippen LogP contribution >= 0.6 is 7.75 Å². The van der Waals surface area contributed by atoms with Gasteiger partial charge in [-0.1, -0.05) is 25.1 Å². The number of rotatable bonds is 10. The fourth-order valence-corrected chi connectivity index (χ4v) is 5.03. The van der Waals surface area contributed by atoms with E-state index in [1.807, 2.05) is 6.92 Å². The molecule has 0 unspecified atom stereocenters. The molecule has 0 amide bonds. The fourth-order valence-electron chi connectivity index (χ4n) is 3.51. The minimum atomic E-state index is -4.02. The van der Waals surface area contributed by atoms with Crippen LogP contribution in [0, 0.1) is 5.92 Å². The zero-order valence-electron chi connectivity index (χ0n) is 19.5. The molecule has 1 aliphatic heterocycles. The number of aromatic amines is 1. The molecular formula is C22H30N3O8P. The molecule has 1 saturated heterocycles. The topological polar surface area (TPSA) is 138 Å². The number of hydrogen-bond donors (Lipinski definition) is 2. The Morgan fingerprint density at radius 3 is 2.59 bits per heavy atom. The number of benzene rings is 1. The SMILES string of the molecule is CC(C)OC(=O)[C@@H](C)N[P@@](=O)(OC[C@@H]1C[C@H](C)[C@H](n2ccc(=O)[nH]c2=O)O1)Oc1ccccc1. The van der Waals surface area contributed by atoms with Gasteiger partial charge in [-0.15, -0.1) is 0 Å². The summed E-state index contributed by atoms with van der Waals surface area (Å²) in [5, 5.41) is 2.63. The zero-order chi connectivity index (χ0) is 24.9. The first-order chi connectivity index (χ1) is 16.1. The second-order valence-corrected chi connectivity index (χ2v) is 10.1. The van der Waals surface area contributed by atoms with Crippen LogP contribution in [-0.2, 0) is 23.4 Å². The van der Waals surface area contributed by atoms with Gasteiger partial charge in [0.2, 0.25) is 0 Å². The Balaban J connectivity index is 1.71. The van der Waals surface area contributed by atoms with Crippen molar-refractivity contribution in [3.8, 4) is 5.75 Å². The number of esters is 1. The van der Waals surface area contributed by atoms with Crippen LogP contribution in [0.5, 0.6) is 5.75 Å². The Labute approximate surface area is 197 Å². The van der Waals surface area contributed by atoms with Crippen molar-refractivity contribution in [3.05, 3.63) is 63.4 Å². The van der Waals surface area contributed by atoms with Crippen molar-refractivity contribution >= 4 is 13.7 Å². The van der Waals surface area contributed by atoms with Crippen molar-refractivity contribution in [2.45, 2.75) is 58.6 Å². The van der Waals surface area contributed by atoms with Crippen LogP contribution in [0.4, 0.5) is 0 Å². The minimum Gasteiger partial charge on any atom is -0.462 e. The van der Waals surface area contributed by atoms with Crippen LogP contribution in [0.25, 0.3) is 0 Å². The average Bonchev–Trinajstić information content (AvgIpc) is 3.13. The van der Waals surface area contributed by atoms with Gasteiger partial charge in [0.15, 0.2) is 0 Å². The van der Waals surface area contributed by atoms with E-state index in [0.29, 0.717) is 12.2 Å². The largest absolute Gasteiger partial charge is 0.462 e. The number of H-pyrrole nitrogens is 1. The van der Waals surface area contributed by atoms with E-state index in [4.69, 9.17) is 18.5 Å². The van der Waals surface area contributed by atoms with E-state index in [1.54, 1.807) is 44.2 Å². The van der Waals surface area contributed by atoms with E-state index in [9.17, 15) is 18.9 Å². The second-order valence-electron chi connectivity index (χ2n) is 8.41. The number of hydrogen-bond acceptors (Lipinski definition) is 8. The zero-order valence-corrected chi connectivity index (χ0v) is 20.4. The standard InChI is InChI=1S/C22H30N3O8P/c1-14(2)31-21(27)16(4)24-34(29,33-17-8-6-5-7-9-17)30-13-18-12-15(3)20(32-18)25-11-10-19(26)23-22(25)28/h5-11,14-16,18,20H,12-13H2,1-4H3,(H,24,29)(H,23,26,28)/t15-,16+,18-,20+,34+/m0/s1. The molecule has 1 aromatic heterocycles. The first-order valence-electron chi connectivity index (χ1n) is 11.0. The van der Waals surface area contributed by atoms with Gasteiger partial charge in [0.1, 0.15) is 18.0 Å². The summed E-state index contributed by atoms with van der Waals surface area (Å²) in [5.74, 6) is -0.389. The van der Waals surface area contributed by atoms with Gasteiger partial charge in [-0.2, -0.15) is 5.09 Å². The number of carbonyl (C=O) groups excluding carboxylic acids is 1. The van der Waals surface area contributed by atoms with Crippen LogP contribution in [0.15, 0.2) is 52.2 Å². The maximum absolute atomic E-state index is 13.6. The van der Waals surface area contributed by atoms with Crippen molar-refractivity contribution in [3.63, 3.8) is 0 Å². The van der Waals surface area contributed by atoms with Gasteiger partial charge in [0.25, 0.3) is 5.56 Å². The molecule has 3 rings (SSSR count). The van der Waals surface area contributed by atoms with E-state index in [1.165, 1.54) is 23.8 Å². The summed E-state index contributed by atoms with van der Waals surface area (Å²) < 4.78 is 37.3. The summed E-state index contributed by atoms with van der Waals surface area (Å²) in [6, 6.07) is 8.71. The van der Waals surface area contributed by atoms with Gasteiger partial charge in [-0.3, -0.25) is 23.7 Å². The normalized spacial score (nSPS) is 22.8. The van der Waals surface area contributed by atoms with Crippen molar-refractivity contribution in [2.24, 2.45) is 5.92 Å². The van der Waals surface area contributed by atoms with Crippen LogP contribution in [0.2, 0.25) is 0 Å². The minimum absolute atomic E-state index is 0.0838. The van der Waals surface area contributed by atoms with Gasteiger partial charge in [0.05, 0.1) is 18.8 Å². The lowest BCUT2D eigenvalue weighted by molar-refractivity contribution is -0.149. The summed E-state index contributed by atoms with van der Waals surface area (Å²) in [6.45, 7) is 6.70. The Morgan fingerprint density at radius 1 is 1.24 bits per heavy atom. The maximum Gasteiger partial charge on any atom is 0.459 e. The molecule has 1 aromatic carbocycles. The number of nitrogens with zero attached hydrogens (tertiary/aromatic N) is 1. The van der Waals surface area contributed by atoms with Crippen LogP contribution < -0.4 is 20.9 Å². The monoisotopic (exact) mass is 495 g/mol. The van der Waals surface area contributed by atoms with E-state index < -0.39 is 43.3 Å². The average molecular weight is 495 g/mol. The first-order valence-corrected chi connectivity index (χ1v) is 12.5. The summed E-state index contributed by atoms with van der Waals surface area (Å²) in [6.07, 6.45) is 0.408. The summed E-state index contributed by atoms with van der Waals surface area (Å²) in [4.78, 5) is 37.9. The molecule has 0 saturated carbocycles. The number of para-hydroxylation sites is 1. The first kappa shape index (κ1) is 25.9. The Bertz CT molecular complexity index is 1130. The molecule has 186 valence electrons. The Hall–Kier alpha value is -2.72. The van der Waals surface area contributed by atoms with Gasteiger partial charge < -0.3 is 14.0 Å². The molecule has 34 heavy (non-hydrogen) atoms. The van der Waals surface area contributed by atoms with Crippen LogP contribution in [0.1, 0.15) is 40.3 Å². The number of aromatic nitrogens is 2. The van der Waals surface area contributed by atoms with Gasteiger partial charge in [-0.25, -0.2) is 9.36 Å². The Kier molecular flexibility index (Phi) is 8.48. The molecule has 12 heteroatoms. The van der Waals surface area contributed by atoms with Gasteiger partial charge in [-0.05, 0) is 39.3 Å². The summed E-state index contributed by atoms with van der Waals surface area (Å²) in [5.41, 5.74) is -1.08. The quantitative estimate of drug-likeness (QED) is 0.376. The summed E-state index contributed by atoms with van der Waals surface area (Å²) >= 11 is 0. The number of carbonyl (C=O) groups is 1. The van der Waals surface area contributed by atoms with Crippen molar-refractivity contribution in [2.75, 3.05) is 6.61 Å². The molecule has 11 nitrogen and oxygen atoms in total. The van der Waals surface area contributed by atoms with E-state index in [0.717, 1.165) is 0 Å². The lowest BCUT2D eigenvalue weighted by Crippen LogP contribution is -2.36.